The zero-order valence-electron chi connectivity index (χ0n) is 6.97. The first kappa shape index (κ1) is 9.04. The van der Waals surface area contributed by atoms with Gasteiger partial charge in [0.15, 0.2) is 0 Å². The zero-order chi connectivity index (χ0) is 8.43. The summed E-state index contributed by atoms with van der Waals surface area (Å²) in [6, 6.07) is 2.10. The molecule has 0 radical (unpaired) electrons. The Labute approximate surface area is 76.6 Å². The summed E-state index contributed by atoms with van der Waals surface area (Å²) < 4.78 is 0. The van der Waals surface area contributed by atoms with Crippen molar-refractivity contribution in [3.63, 3.8) is 0 Å². The van der Waals surface area contributed by atoms with E-state index in [-0.39, 0.29) is 5.50 Å². The normalized spacial score (nSPS) is 13.9. The Hall–Kier alpha value is -0.0500. The van der Waals surface area contributed by atoms with Crippen molar-refractivity contribution in [2.24, 2.45) is 0 Å². The van der Waals surface area contributed by atoms with Gasteiger partial charge in [-0.15, -0.1) is 11.3 Å². The summed E-state index contributed by atoms with van der Waals surface area (Å²) in [5, 5.41) is 2.07. The number of thiophene rings is 1. The molecule has 0 aliphatic heterocycles. The van der Waals surface area contributed by atoms with Gasteiger partial charge in [-0.3, -0.25) is 4.90 Å². The van der Waals surface area contributed by atoms with Gasteiger partial charge >= 0.3 is 0 Å². The van der Waals surface area contributed by atoms with Gasteiger partial charge in [0.25, 0.3) is 0 Å². The molecule has 0 aliphatic rings. The maximum atomic E-state index is 6.12. The van der Waals surface area contributed by atoms with E-state index in [1.165, 1.54) is 10.4 Å². The van der Waals surface area contributed by atoms with E-state index >= 15 is 0 Å². The Morgan fingerprint density at radius 3 is 2.55 bits per heavy atom. The molecule has 0 aliphatic carbocycles. The molecule has 1 rings (SSSR count). The molecule has 1 unspecified atom stereocenters. The lowest BCUT2D eigenvalue weighted by Gasteiger charge is -2.16. The van der Waals surface area contributed by atoms with Gasteiger partial charge in [-0.05, 0) is 38.0 Å². The van der Waals surface area contributed by atoms with Crippen molar-refractivity contribution in [1.82, 2.24) is 4.90 Å². The minimum absolute atomic E-state index is 0.0231. The maximum Gasteiger partial charge on any atom is 0.120 e. The lowest BCUT2D eigenvalue weighted by atomic mass is 10.3. The summed E-state index contributed by atoms with van der Waals surface area (Å²) in [6.45, 7) is 2.09. The Morgan fingerprint density at radius 2 is 2.18 bits per heavy atom. The van der Waals surface area contributed by atoms with Crippen LogP contribution in [0.3, 0.4) is 0 Å². The molecule has 1 atom stereocenters. The Balaban J connectivity index is 2.84. The van der Waals surface area contributed by atoms with Crippen LogP contribution < -0.4 is 0 Å². The van der Waals surface area contributed by atoms with Gasteiger partial charge in [0.05, 0.1) is 0 Å². The highest BCUT2D eigenvalue weighted by Crippen LogP contribution is 2.29. The summed E-state index contributed by atoms with van der Waals surface area (Å²) in [7, 11) is 3.97. The second-order valence-electron chi connectivity index (χ2n) is 2.77. The highest BCUT2D eigenvalue weighted by molar-refractivity contribution is 7.10. The SMILES string of the molecule is Cc1ccsc1C(Cl)N(C)C. The third-order valence-corrected chi connectivity index (χ3v) is 3.38. The molecule has 1 aromatic rings. The highest BCUT2D eigenvalue weighted by atomic mass is 35.5. The third-order valence-electron chi connectivity index (χ3n) is 1.57. The van der Waals surface area contributed by atoms with Crippen molar-refractivity contribution in [3.05, 3.63) is 21.9 Å². The monoisotopic (exact) mass is 189 g/mol. The largest absolute Gasteiger partial charge is 0.289 e. The van der Waals surface area contributed by atoms with Crippen LogP contribution in [0.4, 0.5) is 0 Å². The molecule has 0 fully saturated rings. The van der Waals surface area contributed by atoms with Gasteiger partial charge in [-0.25, -0.2) is 0 Å². The summed E-state index contributed by atoms with van der Waals surface area (Å²) in [5.41, 5.74) is 1.30. The van der Waals surface area contributed by atoms with Gasteiger partial charge < -0.3 is 0 Å². The molecule has 11 heavy (non-hydrogen) atoms. The molecule has 0 bridgehead atoms. The number of halogens is 1. The fourth-order valence-corrected chi connectivity index (χ4v) is 2.19. The molecule has 0 amide bonds. The van der Waals surface area contributed by atoms with E-state index in [9.17, 15) is 0 Å². The molecule has 0 spiro atoms. The number of hydrogen-bond acceptors (Lipinski definition) is 2. The van der Waals surface area contributed by atoms with Gasteiger partial charge in [0.1, 0.15) is 5.50 Å². The molecule has 0 N–H and O–H groups in total. The lowest BCUT2D eigenvalue weighted by Crippen LogP contribution is -2.14. The van der Waals surface area contributed by atoms with Crippen molar-refractivity contribution in [1.29, 1.82) is 0 Å². The van der Waals surface area contributed by atoms with E-state index in [2.05, 4.69) is 18.4 Å². The smallest absolute Gasteiger partial charge is 0.120 e. The van der Waals surface area contributed by atoms with Crippen LogP contribution in [0.25, 0.3) is 0 Å². The molecule has 1 aromatic heterocycles. The van der Waals surface area contributed by atoms with E-state index in [0.29, 0.717) is 0 Å². The summed E-state index contributed by atoms with van der Waals surface area (Å²) in [5.74, 6) is 0. The minimum atomic E-state index is 0.0231. The van der Waals surface area contributed by atoms with Crippen molar-refractivity contribution < 1.29 is 0 Å². The third kappa shape index (κ3) is 1.95. The number of hydrogen-bond donors (Lipinski definition) is 0. The molecule has 1 heterocycles. The molecule has 3 heteroatoms. The first-order chi connectivity index (χ1) is 5.13. The fraction of sp³-hybridized carbons (Fsp3) is 0.500. The second kappa shape index (κ2) is 3.57. The minimum Gasteiger partial charge on any atom is -0.289 e. The topological polar surface area (TPSA) is 3.24 Å². The molecule has 0 saturated carbocycles. The average molecular weight is 190 g/mol. The van der Waals surface area contributed by atoms with Crippen molar-refractivity contribution in [2.45, 2.75) is 12.4 Å². The Kier molecular flexibility index (Phi) is 2.93. The zero-order valence-corrected chi connectivity index (χ0v) is 8.54. The van der Waals surface area contributed by atoms with Crippen LogP contribution in [0, 0.1) is 6.92 Å². The van der Waals surface area contributed by atoms with E-state index in [0.717, 1.165) is 0 Å². The number of rotatable bonds is 2. The van der Waals surface area contributed by atoms with E-state index < -0.39 is 0 Å². The summed E-state index contributed by atoms with van der Waals surface area (Å²) in [6.07, 6.45) is 0. The Morgan fingerprint density at radius 1 is 1.55 bits per heavy atom. The quantitative estimate of drug-likeness (QED) is 0.511. The summed E-state index contributed by atoms with van der Waals surface area (Å²) >= 11 is 7.84. The fourth-order valence-electron chi connectivity index (χ4n) is 0.863. The van der Waals surface area contributed by atoms with Gasteiger partial charge in [-0.2, -0.15) is 0 Å². The van der Waals surface area contributed by atoms with Gasteiger partial charge in [0.2, 0.25) is 0 Å². The number of aryl methyl sites for hydroxylation is 1. The van der Waals surface area contributed by atoms with E-state index in [4.69, 9.17) is 11.6 Å². The molecule has 62 valence electrons. The maximum absolute atomic E-state index is 6.12. The lowest BCUT2D eigenvalue weighted by molar-refractivity contribution is 0.388. The molecular formula is C8H12ClNS. The Bertz CT molecular complexity index is 232. The van der Waals surface area contributed by atoms with Crippen LogP contribution >= 0.6 is 22.9 Å². The predicted octanol–water partition coefficient (Wildman–Crippen LogP) is 2.86. The van der Waals surface area contributed by atoms with Crippen LogP contribution in [-0.2, 0) is 0 Å². The predicted molar refractivity (Wildman–Crippen MR) is 51.3 cm³/mol. The average Bonchev–Trinajstić information content (AvgIpc) is 2.33. The second-order valence-corrected chi connectivity index (χ2v) is 4.13. The van der Waals surface area contributed by atoms with E-state index in [1.807, 2.05) is 19.0 Å². The number of nitrogens with zero attached hydrogens (tertiary/aromatic N) is 1. The standard InChI is InChI=1S/C8H12ClNS/c1-6-4-5-11-7(6)8(9)10(2)3/h4-5,8H,1-3H3. The van der Waals surface area contributed by atoms with Crippen LogP contribution in [0.1, 0.15) is 15.9 Å². The molecule has 1 nitrogen and oxygen atoms in total. The highest BCUT2D eigenvalue weighted by Gasteiger charge is 2.13. The first-order valence-electron chi connectivity index (χ1n) is 3.47. The molecule has 0 saturated heterocycles. The number of alkyl halides is 1. The van der Waals surface area contributed by atoms with Gasteiger partial charge in [0, 0.05) is 4.88 Å². The first-order valence-corrected chi connectivity index (χ1v) is 4.79. The summed E-state index contributed by atoms with van der Waals surface area (Å²) in [4.78, 5) is 3.25. The van der Waals surface area contributed by atoms with E-state index in [1.54, 1.807) is 11.3 Å². The van der Waals surface area contributed by atoms with Crippen LogP contribution in [-0.4, -0.2) is 19.0 Å². The van der Waals surface area contributed by atoms with Gasteiger partial charge in [-0.1, -0.05) is 11.6 Å². The van der Waals surface area contributed by atoms with Crippen molar-refractivity contribution in [3.8, 4) is 0 Å². The van der Waals surface area contributed by atoms with Crippen molar-refractivity contribution in [2.75, 3.05) is 14.1 Å². The van der Waals surface area contributed by atoms with Crippen molar-refractivity contribution >= 4 is 22.9 Å². The van der Waals surface area contributed by atoms with Crippen LogP contribution in [0.15, 0.2) is 11.4 Å². The van der Waals surface area contributed by atoms with Crippen LogP contribution in [0.2, 0.25) is 0 Å². The van der Waals surface area contributed by atoms with Crippen LogP contribution in [0.5, 0.6) is 0 Å². The molecular weight excluding hydrogens is 178 g/mol. The molecule has 0 aromatic carbocycles.